The van der Waals surface area contributed by atoms with E-state index < -0.39 is 0 Å². The van der Waals surface area contributed by atoms with Crippen molar-refractivity contribution in [1.29, 1.82) is 0 Å². The van der Waals surface area contributed by atoms with Crippen LogP contribution in [0, 0.1) is 6.92 Å². The van der Waals surface area contributed by atoms with Gasteiger partial charge in [0.1, 0.15) is 5.82 Å². The van der Waals surface area contributed by atoms with Gasteiger partial charge in [0.2, 0.25) is 0 Å². The highest BCUT2D eigenvalue weighted by molar-refractivity contribution is 5.20. The van der Waals surface area contributed by atoms with Gasteiger partial charge in [0.15, 0.2) is 0 Å². The molecule has 3 nitrogen and oxygen atoms in total. The van der Waals surface area contributed by atoms with Crippen molar-refractivity contribution in [3.63, 3.8) is 0 Å². The smallest absolute Gasteiger partial charge is 0.106 e. The first-order valence-electron chi connectivity index (χ1n) is 7.43. The molecule has 1 aromatic heterocycles. The van der Waals surface area contributed by atoms with Gasteiger partial charge in [-0.25, -0.2) is 4.98 Å². The lowest BCUT2D eigenvalue weighted by molar-refractivity contribution is 0.428. The van der Waals surface area contributed by atoms with Gasteiger partial charge in [0, 0.05) is 24.3 Å². The fraction of sp³-hybridized carbons (Fsp3) is 0.800. The summed E-state index contributed by atoms with van der Waals surface area (Å²) in [6, 6.07) is 1.11. The second-order valence-electron chi connectivity index (χ2n) is 5.70. The van der Waals surface area contributed by atoms with Gasteiger partial charge < -0.3 is 9.88 Å². The van der Waals surface area contributed by atoms with E-state index in [9.17, 15) is 0 Å². The molecule has 1 aliphatic rings. The quantitative estimate of drug-likeness (QED) is 0.869. The molecule has 0 aliphatic heterocycles. The molecule has 0 spiro atoms. The summed E-state index contributed by atoms with van der Waals surface area (Å²) in [6.07, 6.45) is 6.21. The molecule has 1 N–H and O–H groups in total. The lowest BCUT2D eigenvalue weighted by atomic mass is 10.0. The summed E-state index contributed by atoms with van der Waals surface area (Å²) in [5.41, 5.74) is 2.85. The van der Waals surface area contributed by atoms with Crippen LogP contribution in [0.15, 0.2) is 0 Å². The second-order valence-corrected chi connectivity index (χ2v) is 5.70. The number of nitrogens with one attached hydrogen (secondary N) is 1. The molecular weight excluding hydrogens is 222 g/mol. The summed E-state index contributed by atoms with van der Waals surface area (Å²) in [5.74, 6) is 1.19. The zero-order chi connectivity index (χ0) is 13.1. The zero-order valence-electron chi connectivity index (χ0n) is 12.3. The Hall–Kier alpha value is -0.830. The molecule has 0 amide bonds. The highest BCUT2D eigenvalue weighted by Gasteiger charge is 2.20. The van der Waals surface area contributed by atoms with E-state index in [-0.39, 0.29) is 0 Å². The first kappa shape index (κ1) is 13.6. The van der Waals surface area contributed by atoms with Crippen molar-refractivity contribution in [3.8, 4) is 0 Å². The fourth-order valence-corrected chi connectivity index (χ4v) is 2.89. The Bertz CT molecular complexity index is 395. The van der Waals surface area contributed by atoms with Crippen LogP contribution < -0.4 is 5.32 Å². The van der Waals surface area contributed by atoms with Crippen LogP contribution in [0.1, 0.15) is 63.3 Å². The molecule has 2 atom stereocenters. The summed E-state index contributed by atoms with van der Waals surface area (Å²) < 4.78 is 2.46. The Morgan fingerprint density at radius 1 is 1.28 bits per heavy atom. The summed E-state index contributed by atoms with van der Waals surface area (Å²) in [4.78, 5) is 4.75. The van der Waals surface area contributed by atoms with Crippen molar-refractivity contribution in [3.05, 3.63) is 17.2 Å². The van der Waals surface area contributed by atoms with Gasteiger partial charge in [-0.1, -0.05) is 6.92 Å². The normalized spacial score (nSPS) is 18.4. The molecule has 0 bridgehead atoms. The van der Waals surface area contributed by atoms with E-state index in [2.05, 4.69) is 37.6 Å². The molecule has 3 heteroatoms. The summed E-state index contributed by atoms with van der Waals surface area (Å²) in [6.45, 7) is 9.98. The minimum Gasteiger partial charge on any atom is -0.328 e. The predicted octanol–water partition coefficient (Wildman–Crippen LogP) is 3.02. The van der Waals surface area contributed by atoms with Crippen molar-refractivity contribution in [2.24, 2.45) is 0 Å². The van der Waals surface area contributed by atoms with Gasteiger partial charge in [-0.15, -0.1) is 0 Å². The molecule has 18 heavy (non-hydrogen) atoms. The standard InChI is InChI=1S/C15H27N3/c1-5-11(2)16-10-12(3)18-13(4)17-14-8-6-7-9-15(14)18/h11-12,16H,5-10H2,1-4H3. The Morgan fingerprint density at radius 3 is 2.72 bits per heavy atom. The average Bonchev–Trinajstić information content (AvgIpc) is 2.71. The van der Waals surface area contributed by atoms with Gasteiger partial charge in [0.05, 0.1) is 5.69 Å². The molecule has 1 aromatic rings. The Kier molecular flexibility index (Phi) is 4.44. The molecule has 1 aliphatic carbocycles. The van der Waals surface area contributed by atoms with E-state index in [1.807, 2.05) is 0 Å². The third-order valence-electron chi connectivity index (χ3n) is 4.16. The topological polar surface area (TPSA) is 29.9 Å². The molecule has 0 saturated heterocycles. The lowest BCUT2D eigenvalue weighted by Gasteiger charge is -2.22. The second kappa shape index (κ2) is 5.87. The molecule has 102 valence electrons. The largest absolute Gasteiger partial charge is 0.328 e. The van der Waals surface area contributed by atoms with Crippen LogP contribution in [-0.2, 0) is 12.8 Å². The first-order chi connectivity index (χ1) is 8.63. The molecule has 2 unspecified atom stereocenters. The number of aromatic nitrogens is 2. The van der Waals surface area contributed by atoms with E-state index in [1.165, 1.54) is 49.3 Å². The molecule has 0 fully saturated rings. The van der Waals surface area contributed by atoms with E-state index >= 15 is 0 Å². The van der Waals surface area contributed by atoms with Crippen LogP contribution in [0.25, 0.3) is 0 Å². The van der Waals surface area contributed by atoms with Gasteiger partial charge in [-0.2, -0.15) is 0 Å². The third kappa shape index (κ3) is 2.77. The van der Waals surface area contributed by atoms with Gasteiger partial charge in [-0.3, -0.25) is 0 Å². The number of hydrogen-bond donors (Lipinski definition) is 1. The molecule has 0 radical (unpaired) electrons. The van der Waals surface area contributed by atoms with E-state index in [4.69, 9.17) is 4.98 Å². The average molecular weight is 249 g/mol. The third-order valence-corrected chi connectivity index (χ3v) is 4.16. The molecule has 2 rings (SSSR count). The first-order valence-corrected chi connectivity index (χ1v) is 7.43. The predicted molar refractivity (Wildman–Crippen MR) is 76.1 cm³/mol. The van der Waals surface area contributed by atoms with E-state index in [0.717, 1.165) is 6.54 Å². The Labute approximate surface area is 111 Å². The summed E-state index contributed by atoms with van der Waals surface area (Å²) >= 11 is 0. The molecule has 0 aromatic carbocycles. The fourth-order valence-electron chi connectivity index (χ4n) is 2.89. The Balaban J connectivity index is 2.09. The van der Waals surface area contributed by atoms with Crippen molar-refractivity contribution in [2.45, 2.75) is 71.9 Å². The Morgan fingerprint density at radius 2 is 2.00 bits per heavy atom. The maximum atomic E-state index is 4.75. The molecule has 0 saturated carbocycles. The highest BCUT2D eigenvalue weighted by atomic mass is 15.1. The number of aryl methyl sites for hydroxylation is 2. The number of fused-ring (bicyclic) bond motifs is 1. The SMILES string of the molecule is CCC(C)NCC(C)n1c(C)nc2c1CCCC2. The van der Waals surface area contributed by atoms with Crippen LogP contribution in [0.4, 0.5) is 0 Å². The van der Waals surface area contributed by atoms with Crippen LogP contribution in [0.5, 0.6) is 0 Å². The van der Waals surface area contributed by atoms with Crippen molar-refractivity contribution < 1.29 is 0 Å². The van der Waals surface area contributed by atoms with Crippen molar-refractivity contribution >= 4 is 0 Å². The minimum absolute atomic E-state index is 0.508. The minimum atomic E-state index is 0.508. The lowest BCUT2D eigenvalue weighted by Crippen LogP contribution is -2.31. The van der Waals surface area contributed by atoms with Gasteiger partial charge in [0.25, 0.3) is 0 Å². The van der Waals surface area contributed by atoms with Gasteiger partial charge >= 0.3 is 0 Å². The molecular formula is C15H27N3. The monoisotopic (exact) mass is 249 g/mol. The summed E-state index contributed by atoms with van der Waals surface area (Å²) in [7, 11) is 0. The van der Waals surface area contributed by atoms with Crippen molar-refractivity contribution in [2.75, 3.05) is 6.54 Å². The van der Waals surface area contributed by atoms with E-state index in [0.29, 0.717) is 12.1 Å². The number of imidazole rings is 1. The van der Waals surface area contributed by atoms with Gasteiger partial charge in [-0.05, 0) is 52.9 Å². The van der Waals surface area contributed by atoms with Crippen LogP contribution in [0.3, 0.4) is 0 Å². The number of rotatable bonds is 5. The zero-order valence-corrected chi connectivity index (χ0v) is 12.3. The molecule has 1 heterocycles. The van der Waals surface area contributed by atoms with E-state index in [1.54, 1.807) is 0 Å². The number of nitrogens with zero attached hydrogens (tertiary/aromatic N) is 2. The maximum absolute atomic E-state index is 4.75. The number of hydrogen-bond acceptors (Lipinski definition) is 2. The summed E-state index contributed by atoms with van der Waals surface area (Å²) in [5, 5.41) is 3.61. The van der Waals surface area contributed by atoms with Crippen LogP contribution in [0.2, 0.25) is 0 Å². The highest BCUT2D eigenvalue weighted by Crippen LogP contribution is 2.25. The van der Waals surface area contributed by atoms with Crippen LogP contribution in [-0.4, -0.2) is 22.1 Å². The van der Waals surface area contributed by atoms with Crippen LogP contribution >= 0.6 is 0 Å². The maximum Gasteiger partial charge on any atom is 0.106 e. The van der Waals surface area contributed by atoms with Crippen molar-refractivity contribution in [1.82, 2.24) is 14.9 Å².